The van der Waals surface area contributed by atoms with Gasteiger partial charge in [-0.2, -0.15) is 10.1 Å². The number of nitrogens with zero attached hydrogens (tertiary/aromatic N) is 4. The fourth-order valence-corrected chi connectivity index (χ4v) is 4.62. The number of anilines is 1. The Labute approximate surface area is 188 Å². The highest BCUT2D eigenvalue weighted by atomic mass is 35.5. The lowest BCUT2D eigenvalue weighted by Gasteiger charge is -2.38. The summed E-state index contributed by atoms with van der Waals surface area (Å²) in [6.07, 6.45) is 4.74. The van der Waals surface area contributed by atoms with Crippen LogP contribution in [0, 0.1) is 0 Å². The van der Waals surface area contributed by atoms with E-state index in [1.54, 1.807) is 6.20 Å². The first-order valence-electron chi connectivity index (χ1n) is 9.71. The minimum absolute atomic E-state index is 0.265. The van der Waals surface area contributed by atoms with Crippen molar-refractivity contribution in [3.05, 3.63) is 106 Å². The number of nitrogens with one attached hydrogen (secondary N) is 1. The van der Waals surface area contributed by atoms with Gasteiger partial charge in [0.2, 0.25) is 5.95 Å². The molecular weight excluding hydrogens is 433 g/mol. The molecule has 8 heteroatoms. The number of hydrogen-bond acceptors (Lipinski definition) is 5. The second-order valence-electron chi connectivity index (χ2n) is 7.37. The van der Waals surface area contributed by atoms with Gasteiger partial charge in [-0.3, -0.25) is 4.98 Å². The number of benzene rings is 2. The molecule has 4 aromatic rings. The normalized spacial score (nSPS) is 19.0. The van der Waals surface area contributed by atoms with Crippen molar-refractivity contribution in [3.63, 3.8) is 0 Å². The molecule has 0 bridgehead atoms. The van der Waals surface area contributed by atoms with Crippen LogP contribution in [0.5, 0.6) is 5.75 Å². The molecule has 2 aliphatic heterocycles. The van der Waals surface area contributed by atoms with Gasteiger partial charge in [-0.1, -0.05) is 41.4 Å². The Hall–Kier alpha value is -3.35. The molecule has 2 aromatic carbocycles. The summed E-state index contributed by atoms with van der Waals surface area (Å²) < 4.78 is 8.40. The summed E-state index contributed by atoms with van der Waals surface area (Å²) in [6.45, 7) is 0. The quantitative estimate of drug-likeness (QED) is 0.436. The van der Waals surface area contributed by atoms with Gasteiger partial charge >= 0.3 is 0 Å². The van der Waals surface area contributed by atoms with Crippen LogP contribution in [0.15, 0.2) is 78.9 Å². The maximum atomic E-state index is 6.54. The van der Waals surface area contributed by atoms with Crippen LogP contribution >= 0.6 is 23.2 Å². The zero-order chi connectivity index (χ0) is 20.9. The number of ether oxygens (including phenoxy) is 1. The Kier molecular flexibility index (Phi) is 4.23. The molecule has 2 aromatic heterocycles. The van der Waals surface area contributed by atoms with Gasteiger partial charge in [0.15, 0.2) is 0 Å². The lowest BCUT2D eigenvalue weighted by molar-refractivity contribution is 0.223. The van der Waals surface area contributed by atoms with Crippen LogP contribution in [0.1, 0.15) is 28.8 Å². The van der Waals surface area contributed by atoms with Crippen LogP contribution < -0.4 is 10.1 Å². The predicted molar refractivity (Wildman–Crippen MR) is 119 cm³/mol. The summed E-state index contributed by atoms with van der Waals surface area (Å²) >= 11 is 12.7. The molecule has 1 N–H and O–H groups in total. The van der Waals surface area contributed by atoms with Crippen molar-refractivity contribution >= 4 is 34.8 Å². The second-order valence-corrected chi connectivity index (χ2v) is 8.24. The van der Waals surface area contributed by atoms with E-state index in [4.69, 9.17) is 27.9 Å². The summed E-state index contributed by atoms with van der Waals surface area (Å²) in [5.74, 6) is 1.38. The van der Waals surface area contributed by atoms with Gasteiger partial charge in [0.05, 0.1) is 5.70 Å². The van der Waals surface area contributed by atoms with E-state index >= 15 is 0 Å². The fraction of sp³-hybridized carbons (Fsp3) is 0.0870. The van der Waals surface area contributed by atoms with Crippen LogP contribution in [-0.4, -0.2) is 19.7 Å². The Morgan fingerprint density at radius 3 is 2.68 bits per heavy atom. The van der Waals surface area contributed by atoms with Gasteiger partial charge in [-0.05, 0) is 47.5 Å². The molecule has 0 spiro atoms. The number of hydrogen-bond donors (Lipinski definition) is 1. The minimum atomic E-state index is -0.391. The van der Waals surface area contributed by atoms with E-state index in [0.717, 1.165) is 33.7 Å². The molecule has 2 aliphatic rings. The van der Waals surface area contributed by atoms with Crippen LogP contribution in [0.25, 0.3) is 5.70 Å². The SMILES string of the molecule is Clc1cccc(C2Oc3ccc(Cl)cc3C3=C2C(c2cccnc2)n2ncnc2N3)c1. The maximum Gasteiger partial charge on any atom is 0.226 e. The van der Waals surface area contributed by atoms with E-state index in [1.165, 1.54) is 6.33 Å². The lowest BCUT2D eigenvalue weighted by atomic mass is 9.85. The van der Waals surface area contributed by atoms with Crippen LogP contribution in [0.4, 0.5) is 5.95 Å². The molecule has 0 amide bonds. The zero-order valence-electron chi connectivity index (χ0n) is 16.0. The van der Waals surface area contributed by atoms with Crippen LogP contribution in [-0.2, 0) is 0 Å². The van der Waals surface area contributed by atoms with E-state index in [9.17, 15) is 0 Å². The molecule has 152 valence electrons. The number of rotatable bonds is 2. The molecule has 0 fully saturated rings. The van der Waals surface area contributed by atoms with Crippen LogP contribution in [0.3, 0.4) is 0 Å². The first-order valence-corrected chi connectivity index (χ1v) is 10.5. The van der Waals surface area contributed by atoms with E-state index in [-0.39, 0.29) is 6.04 Å². The summed E-state index contributed by atoms with van der Waals surface area (Å²) in [7, 11) is 0. The summed E-state index contributed by atoms with van der Waals surface area (Å²) in [5, 5.41) is 9.23. The minimum Gasteiger partial charge on any atom is -0.480 e. The van der Waals surface area contributed by atoms with Gasteiger partial charge in [-0.15, -0.1) is 0 Å². The van der Waals surface area contributed by atoms with Crippen molar-refractivity contribution in [2.45, 2.75) is 12.1 Å². The first-order chi connectivity index (χ1) is 15.2. The molecule has 0 saturated heterocycles. The summed E-state index contributed by atoms with van der Waals surface area (Å²) in [6, 6.07) is 17.0. The Bertz CT molecular complexity index is 1330. The lowest BCUT2D eigenvalue weighted by Crippen LogP contribution is -2.32. The highest BCUT2D eigenvalue weighted by Gasteiger charge is 2.41. The molecule has 31 heavy (non-hydrogen) atoms. The van der Waals surface area contributed by atoms with Crippen molar-refractivity contribution in [3.8, 4) is 5.75 Å². The second kappa shape index (κ2) is 7.11. The largest absolute Gasteiger partial charge is 0.480 e. The number of aromatic nitrogens is 4. The Balaban J connectivity index is 1.65. The number of fused-ring (bicyclic) bond motifs is 3. The molecule has 6 nitrogen and oxygen atoms in total. The van der Waals surface area contributed by atoms with Gasteiger partial charge < -0.3 is 10.1 Å². The Morgan fingerprint density at radius 2 is 1.84 bits per heavy atom. The molecular formula is C23H15Cl2N5O. The zero-order valence-corrected chi connectivity index (χ0v) is 17.5. The molecule has 2 atom stereocenters. The molecule has 4 heterocycles. The molecule has 0 saturated carbocycles. The summed E-state index contributed by atoms with van der Waals surface area (Å²) in [4.78, 5) is 8.76. The highest BCUT2D eigenvalue weighted by Crippen LogP contribution is 2.51. The third-order valence-corrected chi connectivity index (χ3v) is 6.00. The van der Waals surface area contributed by atoms with E-state index in [2.05, 4.69) is 20.4 Å². The third-order valence-electron chi connectivity index (χ3n) is 5.53. The van der Waals surface area contributed by atoms with Crippen molar-refractivity contribution in [2.75, 3.05) is 5.32 Å². The average Bonchev–Trinajstić information content (AvgIpc) is 3.26. The molecule has 0 aliphatic carbocycles. The van der Waals surface area contributed by atoms with Crippen molar-refractivity contribution in [1.82, 2.24) is 19.7 Å². The summed E-state index contributed by atoms with van der Waals surface area (Å²) in [5.41, 5.74) is 4.69. The fourth-order valence-electron chi connectivity index (χ4n) is 4.24. The maximum absolute atomic E-state index is 6.54. The van der Waals surface area contributed by atoms with Crippen molar-refractivity contribution in [1.29, 1.82) is 0 Å². The number of halogens is 2. The topological polar surface area (TPSA) is 64.9 Å². The van der Waals surface area contributed by atoms with Gasteiger partial charge in [0, 0.05) is 33.6 Å². The molecule has 2 unspecified atom stereocenters. The van der Waals surface area contributed by atoms with Crippen molar-refractivity contribution in [2.24, 2.45) is 0 Å². The Morgan fingerprint density at radius 1 is 0.968 bits per heavy atom. The highest BCUT2D eigenvalue weighted by molar-refractivity contribution is 6.31. The first kappa shape index (κ1) is 18.4. The predicted octanol–water partition coefficient (Wildman–Crippen LogP) is 5.54. The molecule has 0 radical (unpaired) electrons. The number of pyridine rings is 1. The molecule has 6 rings (SSSR count). The monoisotopic (exact) mass is 447 g/mol. The average molecular weight is 448 g/mol. The van der Waals surface area contributed by atoms with E-state index in [1.807, 2.05) is 65.5 Å². The third kappa shape index (κ3) is 2.99. The smallest absolute Gasteiger partial charge is 0.226 e. The van der Waals surface area contributed by atoms with Gasteiger partial charge in [0.1, 0.15) is 24.2 Å². The van der Waals surface area contributed by atoms with Gasteiger partial charge in [-0.25, -0.2) is 4.68 Å². The standard InChI is InChI=1S/C23H15Cl2N5O/c24-15-5-1-3-13(9-15)22-19-20(17-10-16(25)6-7-18(17)31-22)29-23-27-12-28-30(23)21(19)14-4-2-8-26-11-14/h1-12,21-22H,(H,27,28,29). The van der Waals surface area contributed by atoms with E-state index < -0.39 is 6.10 Å². The van der Waals surface area contributed by atoms with E-state index in [0.29, 0.717) is 16.0 Å². The van der Waals surface area contributed by atoms with Crippen molar-refractivity contribution < 1.29 is 4.74 Å². The van der Waals surface area contributed by atoms with Crippen LogP contribution in [0.2, 0.25) is 10.0 Å². The van der Waals surface area contributed by atoms with Gasteiger partial charge in [0.25, 0.3) is 0 Å².